The molecule has 0 aliphatic carbocycles. The molecule has 1 N–H and O–H groups in total. The number of nitrogens with one attached hydrogen (secondary N) is 1. The highest BCUT2D eigenvalue weighted by molar-refractivity contribution is 5.89. The summed E-state index contributed by atoms with van der Waals surface area (Å²) in [6, 6.07) is 0. The molecule has 1 aliphatic heterocycles. The Morgan fingerprint density at radius 1 is 0.525 bits per heavy atom. The van der Waals surface area contributed by atoms with Gasteiger partial charge in [0, 0.05) is 25.2 Å². The minimum absolute atomic E-state index is 0.171. The van der Waals surface area contributed by atoms with Crippen LogP contribution >= 0.6 is 0 Å². The van der Waals surface area contributed by atoms with Gasteiger partial charge < -0.3 is 10.1 Å². The average molecular weight is 563 g/mol. The van der Waals surface area contributed by atoms with Gasteiger partial charge in [0.2, 0.25) is 0 Å². The predicted molar refractivity (Wildman–Crippen MR) is 180 cm³/mol. The average Bonchev–Trinajstić information content (AvgIpc) is 3.51. The molecule has 3 heteroatoms. The summed E-state index contributed by atoms with van der Waals surface area (Å²) in [7, 11) is 0. The van der Waals surface area contributed by atoms with E-state index in [2.05, 4.69) is 26.1 Å². The molecule has 238 valence electrons. The topological polar surface area (TPSA) is 33.6 Å². The molecule has 40 heavy (non-hydrogen) atoms. The summed E-state index contributed by atoms with van der Waals surface area (Å²) in [5.74, 6) is 1.26. The van der Waals surface area contributed by atoms with Gasteiger partial charge in [-0.3, -0.25) is 4.99 Å². The largest absolute Gasteiger partial charge is 0.381 e. The first-order valence-electron chi connectivity index (χ1n) is 18.6. The summed E-state index contributed by atoms with van der Waals surface area (Å²) in [5.41, 5.74) is 0.171. The Labute approximate surface area is 252 Å². The Hall–Kier alpha value is -0.570. The molecule has 0 aromatic rings. The van der Waals surface area contributed by atoms with E-state index in [1.54, 1.807) is 0 Å². The molecule has 0 bridgehead atoms. The third kappa shape index (κ3) is 22.1. The molecular formula is C37H74N2O. The van der Waals surface area contributed by atoms with Crippen LogP contribution in [0.5, 0.6) is 0 Å². The normalized spacial score (nSPS) is 14.8. The maximum absolute atomic E-state index is 6.13. The first-order chi connectivity index (χ1) is 19.7. The van der Waals surface area contributed by atoms with Gasteiger partial charge in [-0.05, 0) is 19.3 Å². The molecule has 0 spiro atoms. The third-order valence-electron chi connectivity index (χ3n) is 9.27. The second-order valence-corrected chi connectivity index (χ2v) is 13.3. The van der Waals surface area contributed by atoms with Crippen LogP contribution in [0.1, 0.15) is 201 Å². The van der Waals surface area contributed by atoms with Crippen molar-refractivity contribution < 1.29 is 4.74 Å². The number of hydrogen-bond donors (Lipinski definition) is 1. The van der Waals surface area contributed by atoms with Crippen molar-refractivity contribution >= 4 is 5.84 Å². The van der Waals surface area contributed by atoms with E-state index in [0.717, 1.165) is 32.7 Å². The molecule has 1 rings (SSSR count). The van der Waals surface area contributed by atoms with E-state index >= 15 is 0 Å². The van der Waals surface area contributed by atoms with Gasteiger partial charge in [-0.1, -0.05) is 181 Å². The van der Waals surface area contributed by atoms with Crippen molar-refractivity contribution in [3.05, 3.63) is 0 Å². The minimum atomic E-state index is 0.171. The fraction of sp³-hybridized carbons (Fsp3) is 0.973. The van der Waals surface area contributed by atoms with Crippen LogP contribution in [-0.4, -0.2) is 32.1 Å². The Morgan fingerprint density at radius 3 is 1.32 bits per heavy atom. The van der Waals surface area contributed by atoms with E-state index in [-0.39, 0.29) is 5.41 Å². The summed E-state index contributed by atoms with van der Waals surface area (Å²) in [6.07, 6.45) is 39.1. The second kappa shape index (κ2) is 28.5. The highest BCUT2D eigenvalue weighted by Gasteiger charge is 2.31. The molecule has 0 amide bonds. The number of amidine groups is 1. The zero-order chi connectivity index (χ0) is 28.8. The van der Waals surface area contributed by atoms with Gasteiger partial charge in [-0.15, -0.1) is 0 Å². The van der Waals surface area contributed by atoms with Crippen LogP contribution in [0.4, 0.5) is 0 Å². The fourth-order valence-corrected chi connectivity index (χ4v) is 6.32. The smallest absolute Gasteiger partial charge is 0.102 e. The van der Waals surface area contributed by atoms with Crippen molar-refractivity contribution in [1.29, 1.82) is 0 Å². The summed E-state index contributed by atoms with van der Waals surface area (Å²) in [4.78, 5) is 4.83. The lowest BCUT2D eigenvalue weighted by Gasteiger charge is -2.30. The molecule has 0 saturated carbocycles. The lowest BCUT2D eigenvalue weighted by atomic mass is 9.80. The number of hydrogen-bond acceptors (Lipinski definition) is 3. The summed E-state index contributed by atoms with van der Waals surface area (Å²) >= 11 is 0. The van der Waals surface area contributed by atoms with E-state index < -0.39 is 0 Å². The lowest BCUT2D eigenvalue weighted by Crippen LogP contribution is -2.37. The van der Waals surface area contributed by atoms with E-state index in [0.29, 0.717) is 0 Å². The van der Waals surface area contributed by atoms with Crippen LogP contribution in [0, 0.1) is 5.41 Å². The number of ether oxygens (including phenoxy) is 1. The van der Waals surface area contributed by atoms with Crippen molar-refractivity contribution in [2.24, 2.45) is 10.4 Å². The fourth-order valence-electron chi connectivity index (χ4n) is 6.32. The molecule has 0 aromatic heterocycles. The number of aliphatic imine (C=N–C) groups is 1. The summed E-state index contributed by atoms with van der Waals surface area (Å²) in [5, 5.41) is 3.59. The lowest BCUT2D eigenvalue weighted by molar-refractivity contribution is 0.107. The van der Waals surface area contributed by atoms with E-state index in [4.69, 9.17) is 9.73 Å². The van der Waals surface area contributed by atoms with E-state index in [1.165, 1.54) is 179 Å². The van der Waals surface area contributed by atoms with Gasteiger partial charge in [-0.2, -0.15) is 0 Å². The Kier molecular flexibility index (Phi) is 26.7. The number of rotatable bonds is 32. The van der Waals surface area contributed by atoms with Crippen molar-refractivity contribution in [3.8, 4) is 0 Å². The molecule has 1 unspecified atom stereocenters. The maximum atomic E-state index is 6.13. The zero-order valence-electron chi connectivity index (χ0n) is 28.0. The molecule has 0 aromatic carbocycles. The minimum Gasteiger partial charge on any atom is -0.381 e. The Bertz CT molecular complexity index is 548. The van der Waals surface area contributed by atoms with Crippen LogP contribution in [0.3, 0.4) is 0 Å². The molecule has 0 saturated heterocycles. The van der Waals surface area contributed by atoms with Crippen LogP contribution in [0.25, 0.3) is 0 Å². The second-order valence-electron chi connectivity index (χ2n) is 13.3. The third-order valence-corrected chi connectivity index (χ3v) is 9.27. The van der Waals surface area contributed by atoms with Crippen LogP contribution in [-0.2, 0) is 4.74 Å². The predicted octanol–water partition coefficient (Wildman–Crippen LogP) is 12.0. The Balaban J connectivity index is 1.98. The van der Waals surface area contributed by atoms with Crippen molar-refractivity contribution in [1.82, 2.24) is 5.32 Å². The molecule has 1 heterocycles. The first-order valence-corrected chi connectivity index (χ1v) is 18.6. The summed E-state index contributed by atoms with van der Waals surface area (Å²) < 4.78 is 6.13. The molecule has 0 fully saturated rings. The van der Waals surface area contributed by atoms with Crippen LogP contribution in [0.2, 0.25) is 0 Å². The van der Waals surface area contributed by atoms with Crippen molar-refractivity contribution in [2.45, 2.75) is 201 Å². The van der Waals surface area contributed by atoms with Gasteiger partial charge >= 0.3 is 0 Å². The van der Waals surface area contributed by atoms with Gasteiger partial charge in [0.15, 0.2) is 0 Å². The molecule has 1 atom stereocenters. The van der Waals surface area contributed by atoms with E-state index in [9.17, 15) is 0 Å². The molecular weight excluding hydrogens is 488 g/mol. The Morgan fingerprint density at radius 2 is 0.925 bits per heavy atom. The van der Waals surface area contributed by atoms with E-state index in [1.807, 2.05) is 0 Å². The standard InChI is InChI=1S/C37H74N2O/c1-4-6-8-10-12-14-16-18-19-21-23-25-27-29-34-40-35-31-37(3,36-38-32-33-39-36)30-28-26-24-22-20-17-15-13-11-9-7-5-2/h4-35H2,1-3H3,(H,38,39). The maximum Gasteiger partial charge on any atom is 0.102 e. The van der Waals surface area contributed by atoms with Gasteiger partial charge in [0.1, 0.15) is 5.84 Å². The van der Waals surface area contributed by atoms with Gasteiger partial charge in [0.05, 0.1) is 6.54 Å². The number of unbranched alkanes of at least 4 members (excludes halogenated alkanes) is 24. The van der Waals surface area contributed by atoms with Crippen molar-refractivity contribution in [3.63, 3.8) is 0 Å². The quantitative estimate of drug-likeness (QED) is 0.0827. The monoisotopic (exact) mass is 563 g/mol. The van der Waals surface area contributed by atoms with Crippen molar-refractivity contribution in [2.75, 3.05) is 26.3 Å². The highest BCUT2D eigenvalue weighted by Crippen LogP contribution is 2.31. The SMILES string of the molecule is CCCCCCCCCCCCCCCCOCCC(C)(CCCCCCCCCCCCCC)C1=NCCN1. The zero-order valence-corrected chi connectivity index (χ0v) is 28.0. The highest BCUT2D eigenvalue weighted by atomic mass is 16.5. The molecule has 1 aliphatic rings. The van der Waals surface area contributed by atoms with Gasteiger partial charge in [-0.25, -0.2) is 0 Å². The molecule has 0 radical (unpaired) electrons. The first kappa shape index (κ1) is 37.5. The number of nitrogens with zero attached hydrogens (tertiary/aromatic N) is 1. The van der Waals surface area contributed by atoms with Gasteiger partial charge in [0.25, 0.3) is 0 Å². The molecule has 3 nitrogen and oxygen atoms in total. The summed E-state index contributed by atoms with van der Waals surface area (Å²) in [6.45, 7) is 10.8. The van der Waals surface area contributed by atoms with Crippen LogP contribution < -0.4 is 5.32 Å². The van der Waals surface area contributed by atoms with Crippen LogP contribution in [0.15, 0.2) is 4.99 Å².